The highest BCUT2D eigenvalue weighted by Crippen LogP contribution is 2.34. The van der Waals surface area contributed by atoms with Crippen molar-refractivity contribution in [1.82, 2.24) is 29.7 Å². The maximum absolute atomic E-state index is 5.53. The highest BCUT2D eigenvalue weighted by molar-refractivity contribution is 7.19. The average molecular weight is 368 g/mol. The molecule has 1 fully saturated rings. The van der Waals surface area contributed by atoms with Crippen molar-refractivity contribution in [3.05, 3.63) is 30.2 Å². The van der Waals surface area contributed by atoms with Gasteiger partial charge in [-0.2, -0.15) is 10.2 Å². The molecule has 1 N–H and O–H groups in total. The molecule has 4 aromatic rings. The maximum Gasteiger partial charge on any atom is 0.212 e. The lowest BCUT2D eigenvalue weighted by atomic mass is 9.95. The van der Waals surface area contributed by atoms with Crippen molar-refractivity contribution in [2.75, 3.05) is 20.2 Å². The quantitative estimate of drug-likeness (QED) is 0.602. The molecule has 0 atom stereocenters. The minimum Gasteiger partial charge on any atom is -0.494 e. The van der Waals surface area contributed by atoms with Crippen LogP contribution in [-0.2, 0) is 7.05 Å². The number of fused-ring (bicyclic) bond motifs is 2. The molecule has 3 aromatic heterocycles. The molecular formula is C18H20N6OS. The van der Waals surface area contributed by atoms with Crippen LogP contribution in [0.4, 0.5) is 0 Å². The zero-order chi connectivity index (χ0) is 17.7. The van der Waals surface area contributed by atoms with Gasteiger partial charge < -0.3 is 10.1 Å². The first kappa shape index (κ1) is 15.8. The van der Waals surface area contributed by atoms with Crippen molar-refractivity contribution < 1.29 is 4.74 Å². The number of ether oxygens (including phenoxy) is 1. The first-order chi connectivity index (χ1) is 12.7. The third-order valence-corrected chi connectivity index (χ3v) is 5.95. The summed E-state index contributed by atoms with van der Waals surface area (Å²) in [6.45, 7) is 2.14. The fraction of sp³-hybridized carbons (Fsp3) is 0.389. The average Bonchev–Trinajstić information content (AvgIpc) is 3.33. The lowest BCUT2D eigenvalue weighted by Gasteiger charge is -2.20. The van der Waals surface area contributed by atoms with E-state index in [4.69, 9.17) is 14.8 Å². The second-order valence-corrected chi connectivity index (χ2v) is 7.70. The van der Waals surface area contributed by atoms with E-state index in [0.717, 1.165) is 63.8 Å². The molecule has 0 radical (unpaired) electrons. The van der Waals surface area contributed by atoms with E-state index >= 15 is 0 Å². The van der Waals surface area contributed by atoms with Gasteiger partial charge in [-0.05, 0) is 38.1 Å². The summed E-state index contributed by atoms with van der Waals surface area (Å²) in [6, 6.07) is 4.11. The van der Waals surface area contributed by atoms with Crippen molar-refractivity contribution in [3.8, 4) is 16.3 Å². The Kier molecular flexibility index (Phi) is 3.68. The summed E-state index contributed by atoms with van der Waals surface area (Å²) < 4.78 is 9.25. The molecule has 0 saturated carbocycles. The molecule has 0 unspecified atom stereocenters. The Morgan fingerprint density at radius 3 is 2.81 bits per heavy atom. The SMILES string of the molecule is COc1cc(-c2nn3cc(C4CCNCC4)nc3s2)cc2cn(C)nc12. The van der Waals surface area contributed by atoms with Crippen LogP contribution in [0.5, 0.6) is 5.75 Å². The van der Waals surface area contributed by atoms with Crippen molar-refractivity contribution in [1.29, 1.82) is 0 Å². The fourth-order valence-corrected chi connectivity index (χ4v) is 4.53. The number of imidazole rings is 1. The lowest BCUT2D eigenvalue weighted by Crippen LogP contribution is -2.26. The molecule has 26 heavy (non-hydrogen) atoms. The Morgan fingerprint density at radius 2 is 2.04 bits per heavy atom. The maximum atomic E-state index is 5.53. The predicted molar refractivity (Wildman–Crippen MR) is 102 cm³/mol. The second-order valence-electron chi connectivity index (χ2n) is 6.74. The molecular weight excluding hydrogens is 348 g/mol. The summed E-state index contributed by atoms with van der Waals surface area (Å²) in [6.07, 6.45) is 6.37. The second kappa shape index (κ2) is 6.07. The molecule has 1 aromatic carbocycles. The third kappa shape index (κ3) is 2.57. The molecule has 0 spiro atoms. The normalized spacial score (nSPS) is 15.9. The number of benzene rings is 1. The van der Waals surface area contributed by atoms with Crippen LogP contribution in [0.1, 0.15) is 24.5 Å². The van der Waals surface area contributed by atoms with Gasteiger partial charge in [0, 0.05) is 30.1 Å². The number of aromatic nitrogens is 5. The molecule has 1 aliphatic rings. The number of hydrogen-bond acceptors (Lipinski definition) is 6. The van der Waals surface area contributed by atoms with Crippen LogP contribution < -0.4 is 10.1 Å². The van der Waals surface area contributed by atoms with Crippen LogP contribution in [0.2, 0.25) is 0 Å². The summed E-state index contributed by atoms with van der Waals surface area (Å²) in [4.78, 5) is 5.78. The topological polar surface area (TPSA) is 69.3 Å². The minimum absolute atomic E-state index is 0.542. The number of nitrogens with one attached hydrogen (secondary N) is 1. The van der Waals surface area contributed by atoms with Crippen molar-refractivity contribution in [2.24, 2.45) is 7.05 Å². The number of piperidine rings is 1. The summed E-state index contributed by atoms with van der Waals surface area (Å²) in [5.41, 5.74) is 3.06. The van der Waals surface area contributed by atoms with Gasteiger partial charge in [0.1, 0.15) is 16.3 Å². The largest absolute Gasteiger partial charge is 0.494 e. The summed E-state index contributed by atoms with van der Waals surface area (Å²) >= 11 is 1.61. The van der Waals surface area contributed by atoms with Gasteiger partial charge in [-0.1, -0.05) is 11.3 Å². The Hall–Kier alpha value is -2.45. The summed E-state index contributed by atoms with van der Waals surface area (Å²) in [5.74, 6) is 1.31. The lowest BCUT2D eigenvalue weighted by molar-refractivity contribution is 0.418. The van der Waals surface area contributed by atoms with Crippen LogP contribution in [0.25, 0.3) is 26.4 Å². The van der Waals surface area contributed by atoms with E-state index < -0.39 is 0 Å². The molecule has 8 heteroatoms. The van der Waals surface area contributed by atoms with E-state index in [1.165, 1.54) is 0 Å². The summed E-state index contributed by atoms with van der Waals surface area (Å²) in [5, 5.41) is 14.6. The van der Waals surface area contributed by atoms with Crippen LogP contribution in [-0.4, -0.2) is 44.6 Å². The van der Waals surface area contributed by atoms with E-state index in [0.29, 0.717) is 5.92 Å². The number of aryl methyl sites for hydroxylation is 1. The molecule has 1 aliphatic heterocycles. The van der Waals surface area contributed by atoms with Crippen LogP contribution in [0.15, 0.2) is 24.5 Å². The van der Waals surface area contributed by atoms with Crippen LogP contribution in [0, 0.1) is 0 Å². The first-order valence-corrected chi connectivity index (χ1v) is 9.61. The Labute approximate surface area is 154 Å². The standard InChI is InChI=1S/C18H20N6OS/c1-23-9-13-7-12(8-15(25-2)16(13)21-23)17-22-24-10-14(20-18(24)26-17)11-3-5-19-6-4-11/h7-11,19H,3-6H2,1-2H3. The Bertz CT molecular complexity index is 1060. The van der Waals surface area contributed by atoms with E-state index in [1.807, 2.05) is 23.8 Å². The van der Waals surface area contributed by atoms with Gasteiger partial charge in [-0.3, -0.25) is 4.68 Å². The van der Waals surface area contributed by atoms with Gasteiger partial charge in [-0.15, -0.1) is 0 Å². The highest BCUT2D eigenvalue weighted by atomic mass is 32.1. The smallest absolute Gasteiger partial charge is 0.212 e. The van der Waals surface area contributed by atoms with Gasteiger partial charge in [0.2, 0.25) is 4.96 Å². The Morgan fingerprint density at radius 1 is 1.19 bits per heavy atom. The van der Waals surface area contributed by atoms with Gasteiger partial charge in [0.15, 0.2) is 0 Å². The van der Waals surface area contributed by atoms with Gasteiger partial charge in [-0.25, -0.2) is 9.50 Å². The molecule has 0 amide bonds. The molecule has 0 aliphatic carbocycles. The molecule has 5 rings (SSSR count). The number of methoxy groups -OCH3 is 1. The molecule has 1 saturated heterocycles. The van der Waals surface area contributed by atoms with Gasteiger partial charge in [0.05, 0.1) is 19.0 Å². The van der Waals surface area contributed by atoms with E-state index in [9.17, 15) is 0 Å². The zero-order valence-electron chi connectivity index (χ0n) is 14.8. The van der Waals surface area contributed by atoms with Crippen molar-refractivity contribution >= 4 is 27.2 Å². The van der Waals surface area contributed by atoms with Gasteiger partial charge >= 0.3 is 0 Å². The predicted octanol–water partition coefficient (Wildman–Crippen LogP) is 2.82. The van der Waals surface area contributed by atoms with E-state index in [-0.39, 0.29) is 0 Å². The fourth-order valence-electron chi connectivity index (χ4n) is 3.65. The Balaban J connectivity index is 1.54. The molecule has 134 valence electrons. The van der Waals surface area contributed by atoms with E-state index in [2.05, 4.69) is 22.7 Å². The molecule has 0 bridgehead atoms. The number of hydrogen-bond donors (Lipinski definition) is 1. The summed E-state index contributed by atoms with van der Waals surface area (Å²) in [7, 11) is 3.59. The van der Waals surface area contributed by atoms with Crippen LogP contribution >= 0.6 is 11.3 Å². The molecule has 7 nitrogen and oxygen atoms in total. The van der Waals surface area contributed by atoms with Crippen molar-refractivity contribution in [2.45, 2.75) is 18.8 Å². The minimum atomic E-state index is 0.542. The zero-order valence-corrected chi connectivity index (χ0v) is 15.6. The monoisotopic (exact) mass is 368 g/mol. The number of nitrogens with zero attached hydrogens (tertiary/aromatic N) is 5. The third-order valence-electron chi connectivity index (χ3n) is 4.97. The molecule has 4 heterocycles. The highest BCUT2D eigenvalue weighted by Gasteiger charge is 2.20. The van der Waals surface area contributed by atoms with Crippen LogP contribution in [0.3, 0.4) is 0 Å². The number of rotatable bonds is 3. The van der Waals surface area contributed by atoms with Crippen molar-refractivity contribution in [3.63, 3.8) is 0 Å². The first-order valence-electron chi connectivity index (χ1n) is 8.80. The van der Waals surface area contributed by atoms with E-state index in [1.54, 1.807) is 23.1 Å². The van der Waals surface area contributed by atoms with Gasteiger partial charge in [0.25, 0.3) is 0 Å².